The zero-order valence-corrected chi connectivity index (χ0v) is 11.1. The van der Waals surface area contributed by atoms with E-state index in [0.29, 0.717) is 16.3 Å². The quantitative estimate of drug-likeness (QED) is 0.859. The Hall–Kier alpha value is -1.94. The summed E-state index contributed by atoms with van der Waals surface area (Å²) in [5, 5.41) is 0. The van der Waals surface area contributed by atoms with Crippen molar-refractivity contribution in [2.45, 2.75) is 13.8 Å². The molecule has 0 radical (unpaired) electrons. The van der Waals surface area contributed by atoms with Gasteiger partial charge in [-0.1, -0.05) is 29.9 Å². The minimum atomic E-state index is 0.303. The van der Waals surface area contributed by atoms with Gasteiger partial charge in [-0.2, -0.15) is 0 Å². The maximum absolute atomic E-state index is 5.83. The van der Waals surface area contributed by atoms with Crippen LogP contribution in [-0.4, -0.2) is 9.97 Å². The Kier molecular flexibility index (Phi) is 3.58. The summed E-state index contributed by atoms with van der Waals surface area (Å²) < 4.78 is 5.83. The maximum Gasteiger partial charge on any atom is 0.155 e. The van der Waals surface area contributed by atoms with Gasteiger partial charge in [-0.05, 0) is 31.5 Å². The number of hydrogen-bond donors (Lipinski definition) is 1. The molecule has 0 aliphatic heterocycles. The van der Waals surface area contributed by atoms with Crippen LogP contribution in [0.3, 0.4) is 0 Å². The molecule has 0 fully saturated rings. The molecule has 0 atom stereocenters. The summed E-state index contributed by atoms with van der Waals surface area (Å²) in [6.45, 7) is 4.04. The van der Waals surface area contributed by atoms with Crippen LogP contribution >= 0.6 is 12.2 Å². The summed E-state index contributed by atoms with van der Waals surface area (Å²) in [7, 11) is 0. The summed E-state index contributed by atoms with van der Waals surface area (Å²) in [6, 6.07) is 7.74. The fourth-order valence-electron chi connectivity index (χ4n) is 1.70. The summed E-state index contributed by atoms with van der Waals surface area (Å²) >= 11 is 4.99. The Bertz CT molecular complexity index is 596. The van der Waals surface area contributed by atoms with Gasteiger partial charge in [0.2, 0.25) is 0 Å². The highest BCUT2D eigenvalue weighted by Gasteiger charge is 2.08. The number of hydrogen-bond acceptors (Lipinski definition) is 3. The van der Waals surface area contributed by atoms with Gasteiger partial charge in [0, 0.05) is 6.20 Å². The van der Waals surface area contributed by atoms with E-state index in [9.17, 15) is 0 Å². The molecule has 18 heavy (non-hydrogen) atoms. The van der Waals surface area contributed by atoms with E-state index in [1.807, 2.05) is 26.0 Å². The molecular weight excluding hydrogens is 244 g/mol. The fourth-order valence-corrected chi connectivity index (χ4v) is 1.87. The van der Waals surface area contributed by atoms with Crippen LogP contribution in [0, 0.1) is 13.8 Å². The lowest BCUT2D eigenvalue weighted by Gasteiger charge is -2.11. The predicted octanol–water partition coefficient (Wildman–Crippen LogP) is 3.12. The number of aromatic nitrogens is 1. The number of benzene rings is 1. The minimum Gasteiger partial charge on any atom is -0.455 e. The summed E-state index contributed by atoms with van der Waals surface area (Å²) in [5.74, 6) is 1.36. The molecule has 1 heterocycles. The third-order valence-electron chi connectivity index (χ3n) is 2.60. The number of nitrogens with zero attached hydrogens (tertiary/aromatic N) is 1. The van der Waals surface area contributed by atoms with Gasteiger partial charge in [-0.15, -0.1) is 0 Å². The number of pyridine rings is 1. The van der Waals surface area contributed by atoms with E-state index in [0.717, 1.165) is 11.3 Å². The van der Waals surface area contributed by atoms with Crippen molar-refractivity contribution in [3.63, 3.8) is 0 Å². The number of thiocarbonyl (C=S) groups is 1. The lowest BCUT2D eigenvalue weighted by molar-refractivity contribution is 0.475. The van der Waals surface area contributed by atoms with E-state index in [1.54, 1.807) is 18.5 Å². The molecule has 2 aromatic rings. The smallest absolute Gasteiger partial charge is 0.155 e. The van der Waals surface area contributed by atoms with Crippen molar-refractivity contribution in [3.05, 3.63) is 53.3 Å². The Balaban J connectivity index is 2.37. The molecule has 0 amide bonds. The topological polar surface area (TPSA) is 48.1 Å². The van der Waals surface area contributed by atoms with Gasteiger partial charge in [-0.3, -0.25) is 4.98 Å². The van der Waals surface area contributed by atoms with E-state index in [2.05, 4.69) is 11.1 Å². The third kappa shape index (κ3) is 2.65. The lowest BCUT2D eigenvalue weighted by atomic mass is 10.1. The van der Waals surface area contributed by atoms with Crippen molar-refractivity contribution >= 4 is 17.2 Å². The van der Waals surface area contributed by atoms with Crippen LogP contribution in [0.5, 0.6) is 11.5 Å². The van der Waals surface area contributed by atoms with Crippen molar-refractivity contribution in [1.29, 1.82) is 0 Å². The van der Waals surface area contributed by atoms with Crippen molar-refractivity contribution in [3.8, 4) is 11.5 Å². The van der Waals surface area contributed by atoms with E-state index in [1.165, 1.54) is 5.56 Å². The third-order valence-corrected chi connectivity index (χ3v) is 2.82. The molecule has 92 valence electrons. The molecule has 0 aliphatic carbocycles. The summed E-state index contributed by atoms with van der Waals surface area (Å²) in [5.41, 5.74) is 8.61. The highest BCUT2D eigenvalue weighted by atomic mass is 32.1. The molecule has 0 unspecified atom stereocenters. The molecule has 1 aromatic heterocycles. The normalized spacial score (nSPS) is 10.1. The van der Waals surface area contributed by atoms with E-state index in [-0.39, 0.29) is 0 Å². The number of rotatable bonds is 3. The second-order valence-electron chi connectivity index (χ2n) is 4.11. The van der Waals surface area contributed by atoms with Gasteiger partial charge in [0.25, 0.3) is 0 Å². The predicted molar refractivity (Wildman–Crippen MR) is 76.1 cm³/mol. The van der Waals surface area contributed by atoms with Crippen molar-refractivity contribution in [2.75, 3.05) is 0 Å². The van der Waals surface area contributed by atoms with Crippen molar-refractivity contribution in [1.82, 2.24) is 4.98 Å². The number of ether oxygens (including phenoxy) is 1. The minimum absolute atomic E-state index is 0.303. The van der Waals surface area contributed by atoms with Crippen LogP contribution < -0.4 is 10.5 Å². The van der Waals surface area contributed by atoms with Crippen LogP contribution in [0.25, 0.3) is 0 Å². The first-order valence-electron chi connectivity index (χ1n) is 5.57. The monoisotopic (exact) mass is 258 g/mol. The maximum atomic E-state index is 5.83. The summed E-state index contributed by atoms with van der Waals surface area (Å²) in [6.07, 6.45) is 3.26. The second kappa shape index (κ2) is 5.14. The van der Waals surface area contributed by atoms with E-state index >= 15 is 0 Å². The highest BCUT2D eigenvalue weighted by molar-refractivity contribution is 7.80. The van der Waals surface area contributed by atoms with Crippen LogP contribution in [0.1, 0.15) is 16.7 Å². The number of nitrogens with two attached hydrogens (primary N) is 1. The number of aryl methyl sites for hydroxylation is 2. The molecule has 0 spiro atoms. The Labute approximate surface area is 112 Å². The highest BCUT2D eigenvalue weighted by Crippen LogP contribution is 2.27. The first-order chi connectivity index (χ1) is 8.58. The molecular formula is C14H14N2OS. The molecule has 0 saturated heterocycles. The van der Waals surface area contributed by atoms with Crippen LogP contribution in [-0.2, 0) is 0 Å². The molecule has 4 heteroatoms. The zero-order valence-electron chi connectivity index (χ0n) is 10.3. The summed E-state index contributed by atoms with van der Waals surface area (Å²) in [4.78, 5) is 4.33. The molecule has 1 aromatic carbocycles. The standard InChI is InChI=1S/C14H14N2OS/c1-9-3-4-12(10(2)7-9)17-13-8-16-6-5-11(13)14(15)18/h3-8H,1-2H3,(H2,15,18). The molecule has 2 rings (SSSR count). The SMILES string of the molecule is Cc1ccc(Oc2cnccc2C(N)=S)c(C)c1. The first kappa shape index (κ1) is 12.5. The van der Waals surface area contributed by atoms with Gasteiger partial charge < -0.3 is 10.5 Å². The average molecular weight is 258 g/mol. The largest absolute Gasteiger partial charge is 0.455 e. The van der Waals surface area contributed by atoms with Gasteiger partial charge in [0.1, 0.15) is 10.7 Å². The van der Waals surface area contributed by atoms with Crippen molar-refractivity contribution < 1.29 is 4.74 Å². The van der Waals surface area contributed by atoms with Crippen LogP contribution in [0.15, 0.2) is 36.7 Å². The first-order valence-corrected chi connectivity index (χ1v) is 5.97. The Morgan fingerprint density at radius 2 is 2.00 bits per heavy atom. The molecule has 0 saturated carbocycles. The Morgan fingerprint density at radius 3 is 2.67 bits per heavy atom. The second-order valence-corrected chi connectivity index (χ2v) is 4.55. The van der Waals surface area contributed by atoms with E-state index < -0.39 is 0 Å². The average Bonchev–Trinajstić information content (AvgIpc) is 2.33. The molecule has 3 nitrogen and oxygen atoms in total. The van der Waals surface area contributed by atoms with Crippen molar-refractivity contribution in [2.24, 2.45) is 5.73 Å². The van der Waals surface area contributed by atoms with E-state index in [4.69, 9.17) is 22.7 Å². The van der Waals surface area contributed by atoms with Gasteiger partial charge >= 0.3 is 0 Å². The molecule has 0 aliphatic rings. The molecule has 0 bridgehead atoms. The van der Waals surface area contributed by atoms with Gasteiger partial charge in [0.05, 0.1) is 11.8 Å². The van der Waals surface area contributed by atoms with Gasteiger partial charge in [-0.25, -0.2) is 0 Å². The lowest BCUT2D eigenvalue weighted by Crippen LogP contribution is -2.11. The fraction of sp³-hybridized carbons (Fsp3) is 0.143. The molecule has 2 N–H and O–H groups in total. The van der Waals surface area contributed by atoms with Gasteiger partial charge in [0.15, 0.2) is 5.75 Å². The zero-order chi connectivity index (χ0) is 13.1. The Morgan fingerprint density at radius 1 is 1.22 bits per heavy atom. The van der Waals surface area contributed by atoms with Crippen LogP contribution in [0.4, 0.5) is 0 Å². The van der Waals surface area contributed by atoms with Crippen LogP contribution in [0.2, 0.25) is 0 Å².